The first-order valence-electron chi connectivity index (χ1n) is 6.07. The molecule has 0 bridgehead atoms. The molecule has 1 aromatic heterocycles. The summed E-state index contributed by atoms with van der Waals surface area (Å²) in [5.41, 5.74) is 4.24. The standard InChI is InChI=1S/C14H18N2O/c1-4-11-12(5-2)16(15-14(11)17)13-9-7-6-8-10(13)3/h6-9H,4-5H2,1-3H3,(H,15,17). The summed E-state index contributed by atoms with van der Waals surface area (Å²) >= 11 is 0. The molecule has 17 heavy (non-hydrogen) atoms. The first-order valence-corrected chi connectivity index (χ1v) is 6.07. The number of hydrogen-bond donors (Lipinski definition) is 1. The maximum atomic E-state index is 11.9. The summed E-state index contributed by atoms with van der Waals surface area (Å²) in [5, 5.41) is 2.93. The van der Waals surface area contributed by atoms with E-state index in [1.54, 1.807) is 0 Å². The Hall–Kier alpha value is -1.77. The lowest BCUT2D eigenvalue weighted by molar-refractivity contribution is 0.797. The summed E-state index contributed by atoms with van der Waals surface area (Å²) in [6.07, 6.45) is 1.63. The molecule has 0 saturated carbocycles. The predicted molar refractivity (Wildman–Crippen MR) is 69.9 cm³/mol. The molecular formula is C14H18N2O. The van der Waals surface area contributed by atoms with Crippen molar-refractivity contribution in [2.75, 3.05) is 0 Å². The van der Waals surface area contributed by atoms with Crippen LogP contribution in [0.15, 0.2) is 29.1 Å². The molecule has 0 aliphatic carbocycles. The zero-order chi connectivity index (χ0) is 12.4. The molecular weight excluding hydrogens is 212 g/mol. The molecule has 1 heterocycles. The molecule has 0 fully saturated rings. The molecule has 1 aromatic carbocycles. The molecule has 0 aliphatic rings. The van der Waals surface area contributed by atoms with Crippen LogP contribution in [0.3, 0.4) is 0 Å². The average Bonchev–Trinajstić information content (AvgIpc) is 2.65. The Bertz CT molecular complexity index is 578. The first-order chi connectivity index (χ1) is 8.19. The van der Waals surface area contributed by atoms with E-state index in [0.717, 1.165) is 35.3 Å². The number of aromatic amines is 1. The first kappa shape index (κ1) is 11.7. The van der Waals surface area contributed by atoms with E-state index < -0.39 is 0 Å². The second-order valence-electron chi connectivity index (χ2n) is 4.20. The van der Waals surface area contributed by atoms with Crippen LogP contribution in [0, 0.1) is 6.92 Å². The molecule has 3 nitrogen and oxygen atoms in total. The third-order valence-corrected chi connectivity index (χ3v) is 3.15. The fourth-order valence-electron chi connectivity index (χ4n) is 2.26. The van der Waals surface area contributed by atoms with Crippen molar-refractivity contribution in [2.24, 2.45) is 0 Å². The highest BCUT2D eigenvalue weighted by Gasteiger charge is 2.13. The van der Waals surface area contributed by atoms with Crippen molar-refractivity contribution in [1.82, 2.24) is 9.78 Å². The minimum atomic E-state index is 0.0348. The maximum Gasteiger partial charge on any atom is 0.267 e. The number of aromatic nitrogens is 2. The van der Waals surface area contributed by atoms with Gasteiger partial charge < -0.3 is 0 Å². The fraction of sp³-hybridized carbons (Fsp3) is 0.357. The van der Waals surface area contributed by atoms with E-state index in [9.17, 15) is 4.79 Å². The Balaban J connectivity index is 2.68. The van der Waals surface area contributed by atoms with Crippen molar-refractivity contribution >= 4 is 0 Å². The van der Waals surface area contributed by atoms with Gasteiger partial charge in [0.05, 0.1) is 5.69 Å². The highest BCUT2D eigenvalue weighted by molar-refractivity contribution is 5.41. The maximum absolute atomic E-state index is 11.9. The second-order valence-corrected chi connectivity index (χ2v) is 4.20. The number of rotatable bonds is 3. The molecule has 90 valence electrons. The SMILES string of the molecule is CCc1c(CC)n(-c2ccccc2C)[nH]c1=O. The number of nitrogens with one attached hydrogen (secondary N) is 1. The van der Waals surface area contributed by atoms with Crippen LogP contribution in [0.4, 0.5) is 0 Å². The third kappa shape index (κ3) is 1.93. The van der Waals surface area contributed by atoms with Gasteiger partial charge in [0, 0.05) is 11.3 Å². The third-order valence-electron chi connectivity index (χ3n) is 3.15. The molecule has 0 unspecified atom stereocenters. The minimum absolute atomic E-state index is 0.0348. The monoisotopic (exact) mass is 230 g/mol. The van der Waals surface area contributed by atoms with Crippen molar-refractivity contribution in [3.8, 4) is 5.69 Å². The largest absolute Gasteiger partial charge is 0.268 e. The van der Waals surface area contributed by atoms with Gasteiger partial charge in [-0.1, -0.05) is 32.0 Å². The topological polar surface area (TPSA) is 37.8 Å². The lowest BCUT2D eigenvalue weighted by atomic mass is 10.1. The van der Waals surface area contributed by atoms with Crippen molar-refractivity contribution in [2.45, 2.75) is 33.6 Å². The summed E-state index contributed by atoms with van der Waals surface area (Å²) in [4.78, 5) is 11.9. The van der Waals surface area contributed by atoms with Crippen molar-refractivity contribution in [3.05, 3.63) is 51.4 Å². The zero-order valence-corrected chi connectivity index (χ0v) is 10.6. The average molecular weight is 230 g/mol. The van der Waals surface area contributed by atoms with E-state index in [1.807, 2.05) is 29.8 Å². The van der Waals surface area contributed by atoms with Crippen LogP contribution in [0.25, 0.3) is 5.69 Å². The zero-order valence-electron chi connectivity index (χ0n) is 10.6. The van der Waals surface area contributed by atoms with Crippen LogP contribution in [0.2, 0.25) is 0 Å². The summed E-state index contributed by atoms with van der Waals surface area (Å²) in [7, 11) is 0. The molecule has 0 spiro atoms. The van der Waals surface area contributed by atoms with Crippen LogP contribution in [-0.2, 0) is 12.8 Å². The number of benzene rings is 1. The predicted octanol–water partition coefficient (Wildman–Crippen LogP) is 2.60. The van der Waals surface area contributed by atoms with Gasteiger partial charge in [0.25, 0.3) is 5.56 Å². The summed E-state index contributed by atoms with van der Waals surface area (Å²) in [6.45, 7) is 6.15. The van der Waals surface area contributed by atoms with Crippen molar-refractivity contribution in [3.63, 3.8) is 0 Å². The van der Waals surface area contributed by atoms with Gasteiger partial charge in [-0.05, 0) is 31.4 Å². The molecule has 3 heteroatoms. The minimum Gasteiger partial charge on any atom is -0.268 e. The number of H-pyrrole nitrogens is 1. The van der Waals surface area contributed by atoms with E-state index in [-0.39, 0.29) is 5.56 Å². The Morgan fingerprint density at radius 1 is 1.18 bits per heavy atom. The highest BCUT2D eigenvalue weighted by atomic mass is 16.1. The van der Waals surface area contributed by atoms with Gasteiger partial charge in [-0.3, -0.25) is 14.6 Å². The van der Waals surface area contributed by atoms with Gasteiger partial charge >= 0.3 is 0 Å². The van der Waals surface area contributed by atoms with Crippen molar-refractivity contribution < 1.29 is 0 Å². The van der Waals surface area contributed by atoms with Crippen LogP contribution in [0.5, 0.6) is 0 Å². The van der Waals surface area contributed by atoms with Crippen LogP contribution >= 0.6 is 0 Å². The number of hydrogen-bond acceptors (Lipinski definition) is 1. The molecule has 2 aromatic rings. The fourth-order valence-corrected chi connectivity index (χ4v) is 2.26. The molecule has 0 atom stereocenters. The van der Waals surface area contributed by atoms with Crippen molar-refractivity contribution in [1.29, 1.82) is 0 Å². The van der Waals surface area contributed by atoms with Gasteiger partial charge in [0.2, 0.25) is 0 Å². The number of para-hydroxylation sites is 1. The van der Waals surface area contributed by atoms with E-state index in [0.29, 0.717) is 0 Å². The lowest BCUT2D eigenvalue weighted by Gasteiger charge is -2.10. The van der Waals surface area contributed by atoms with Crippen LogP contribution in [0.1, 0.15) is 30.7 Å². The summed E-state index contributed by atoms with van der Waals surface area (Å²) in [5.74, 6) is 0. The Morgan fingerprint density at radius 2 is 1.88 bits per heavy atom. The molecule has 0 saturated heterocycles. The summed E-state index contributed by atoms with van der Waals surface area (Å²) in [6, 6.07) is 8.08. The number of nitrogens with zero attached hydrogens (tertiary/aromatic N) is 1. The molecule has 2 rings (SSSR count). The second kappa shape index (κ2) is 4.62. The van der Waals surface area contributed by atoms with Gasteiger partial charge in [0.1, 0.15) is 0 Å². The van der Waals surface area contributed by atoms with E-state index in [4.69, 9.17) is 0 Å². The normalized spacial score (nSPS) is 10.8. The lowest BCUT2D eigenvalue weighted by Crippen LogP contribution is -2.07. The van der Waals surface area contributed by atoms with Crippen LogP contribution < -0.4 is 5.56 Å². The van der Waals surface area contributed by atoms with E-state index in [1.165, 1.54) is 0 Å². The van der Waals surface area contributed by atoms with E-state index >= 15 is 0 Å². The van der Waals surface area contributed by atoms with Gasteiger partial charge in [-0.25, -0.2) is 0 Å². The van der Waals surface area contributed by atoms with Gasteiger partial charge in [-0.15, -0.1) is 0 Å². The molecule has 0 radical (unpaired) electrons. The Labute approximate surface area is 101 Å². The van der Waals surface area contributed by atoms with Crippen LogP contribution in [-0.4, -0.2) is 9.78 Å². The Kier molecular flexibility index (Phi) is 3.18. The van der Waals surface area contributed by atoms with E-state index in [2.05, 4.69) is 25.0 Å². The quantitative estimate of drug-likeness (QED) is 0.864. The van der Waals surface area contributed by atoms with Gasteiger partial charge in [0.15, 0.2) is 0 Å². The highest BCUT2D eigenvalue weighted by Crippen LogP contribution is 2.16. The Morgan fingerprint density at radius 3 is 2.47 bits per heavy atom. The number of aryl methyl sites for hydroxylation is 1. The van der Waals surface area contributed by atoms with Gasteiger partial charge in [-0.2, -0.15) is 0 Å². The molecule has 1 N–H and O–H groups in total. The smallest absolute Gasteiger partial charge is 0.267 e. The molecule has 0 amide bonds. The summed E-state index contributed by atoms with van der Waals surface area (Å²) < 4.78 is 1.93. The molecule has 0 aliphatic heterocycles.